The Kier molecular flexibility index (Phi) is 10.7. The summed E-state index contributed by atoms with van der Waals surface area (Å²) in [6, 6.07) is 6.37. The van der Waals surface area contributed by atoms with Crippen molar-refractivity contribution in [3.8, 4) is 12.3 Å². The predicted molar refractivity (Wildman–Crippen MR) is 130 cm³/mol. The first kappa shape index (κ1) is 27.0. The second-order valence-corrected chi connectivity index (χ2v) is 9.22. The Balaban J connectivity index is 2.23. The van der Waals surface area contributed by atoms with Crippen molar-refractivity contribution in [1.29, 1.82) is 0 Å². The molecule has 184 valence electrons. The lowest BCUT2D eigenvalue weighted by atomic mass is 9.79. The van der Waals surface area contributed by atoms with Gasteiger partial charge in [0.15, 0.2) is 0 Å². The van der Waals surface area contributed by atoms with E-state index in [2.05, 4.69) is 39.7 Å². The highest BCUT2D eigenvalue weighted by Gasteiger charge is 2.34. The van der Waals surface area contributed by atoms with Crippen molar-refractivity contribution in [2.75, 3.05) is 13.2 Å². The van der Waals surface area contributed by atoms with E-state index in [1.54, 1.807) is 24.3 Å². The molecule has 0 radical (unpaired) electrons. The largest absolute Gasteiger partial charge is 0.459 e. The van der Waals surface area contributed by atoms with Crippen LogP contribution < -0.4 is 0 Å². The summed E-state index contributed by atoms with van der Waals surface area (Å²) in [5, 5.41) is 0. The van der Waals surface area contributed by atoms with Crippen molar-refractivity contribution in [1.82, 2.24) is 0 Å². The number of rotatable bonds is 14. The van der Waals surface area contributed by atoms with Crippen LogP contribution in [0.3, 0.4) is 0 Å². The number of hydrogen-bond acceptors (Lipinski definition) is 6. The predicted octanol–water partition coefficient (Wildman–Crippen LogP) is 6.69. The van der Waals surface area contributed by atoms with Crippen LogP contribution in [-0.4, -0.2) is 25.2 Å². The fourth-order valence-electron chi connectivity index (χ4n) is 4.07. The molecule has 6 nitrogen and oxygen atoms in total. The van der Waals surface area contributed by atoms with E-state index in [1.165, 1.54) is 18.1 Å². The van der Waals surface area contributed by atoms with Gasteiger partial charge in [-0.25, -0.2) is 9.59 Å². The third kappa shape index (κ3) is 8.30. The molecule has 34 heavy (non-hydrogen) atoms. The molecule has 0 aliphatic heterocycles. The van der Waals surface area contributed by atoms with Gasteiger partial charge < -0.3 is 18.3 Å². The standard InChI is InChI=1S/C28H36O6/c1-6-7-8-15-28(16-9-12-23(21(2)3)22(4)5,19-33-26(29)24-13-10-17-31-24)20-34-27(30)25-14-11-18-32-25/h1,10-14,17-18,21-22H,7-9,15-16,19-20H2,2-5H3. The summed E-state index contributed by atoms with van der Waals surface area (Å²) in [5.74, 6) is 2.69. The number of allylic oxidation sites excluding steroid dienone is 2. The molecular formula is C28H36O6. The number of carbonyl (C=O) groups is 2. The number of terminal acetylenes is 1. The Morgan fingerprint density at radius 2 is 1.50 bits per heavy atom. The molecule has 0 saturated heterocycles. The van der Waals surface area contributed by atoms with Gasteiger partial charge in [-0.15, -0.1) is 12.3 Å². The van der Waals surface area contributed by atoms with Crippen LogP contribution in [0.4, 0.5) is 0 Å². The second-order valence-electron chi connectivity index (χ2n) is 9.22. The zero-order valence-corrected chi connectivity index (χ0v) is 20.7. The first-order chi connectivity index (χ1) is 16.3. The number of carbonyl (C=O) groups excluding carboxylic acids is 2. The molecule has 2 aromatic rings. The maximum Gasteiger partial charge on any atom is 0.374 e. The van der Waals surface area contributed by atoms with Gasteiger partial charge in [0.2, 0.25) is 11.5 Å². The lowest BCUT2D eigenvalue weighted by Crippen LogP contribution is -2.35. The molecule has 6 heteroatoms. The molecule has 0 amide bonds. The molecule has 0 aromatic carbocycles. The highest BCUT2D eigenvalue weighted by Crippen LogP contribution is 2.34. The van der Waals surface area contributed by atoms with E-state index in [4.69, 9.17) is 24.7 Å². The second kappa shape index (κ2) is 13.5. The van der Waals surface area contributed by atoms with Crippen LogP contribution in [0, 0.1) is 29.6 Å². The molecule has 0 aliphatic carbocycles. The van der Waals surface area contributed by atoms with Gasteiger partial charge in [-0.3, -0.25) is 0 Å². The zero-order valence-electron chi connectivity index (χ0n) is 20.7. The van der Waals surface area contributed by atoms with Crippen LogP contribution in [-0.2, 0) is 9.47 Å². The normalized spacial score (nSPS) is 11.3. The number of hydrogen-bond donors (Lipinski definition) is 0. The molecule has 2 aromatic heterocycles. The summed E-state index contributed by atoms with van der Waals surface area (Å²) in [7, 11) is 0. The lowest BCUT2D eigenvalue weighted by Gasteiger charge is -2.32. The van der Waals surface area contributed by atoms with Gasteiger partial charge >= 0.3 is 11.9 Å². The van der Waals surface area contributed by atoms with Crippen molar-refractivity contribution in [2.45, 2.75) is 59.8 Å². The SMILES string of the molecule is C#CCCCC(CCC=C(C(C)C)C(C)C)(COC(=O)c1ccco1)COC(=O)c1ccco1. The van der Waals surface area contributed by atoms with Crippen LogP contribution >= 0.6 is 0 Å². The van der Waals surface area contributed by atoms with E-state index in [-0.39, 0.29) is 24.7 Å². The average Bonchev–Trinajstić information content (AvgIpc) is 3.52. The van der Waals surface area contributed by atoms with Crippen LogP contribution in [0.5, 0.6) is 0 Å². The first-order valence-electron chi connectivity index (χ1n) is 11.8. The Labute approximate surface area is 202 Å². The van der Waals surface area contributed by atoms with E-state index >= 15 is 0 Å². The van der Waals surface area contributed by atoms with Gasteiger partial charge in [0, 0.05) is 11.8 Å². The van der Waals surface area contributed by atoms with Crippen molar-refractivity contribution >= 4 is 11.9 Å². The first-order valence-corrected chi connectivity index (χ1v) is 11.8. The van der Waals surface area contributed by atoms with Crippen LogP contribution in [0.1, 0.15) is 80.9 Å². The summed E-state index contributed by atoms with van der Waals surface area (Å²) in [5.41, 5.74) is 0.773. The highest BCUT2D eigenvalue weighted by molar-refractivity contribution is 5.86. The molecule has 0 saturated carbocycles. The number of furan rings is 2. The zero-order chi connectivity index (χ0) is 25.0. The van der Waals surface area contributed by atoms with E-state index in [9.17, 15) is 9.59 Å². The monoisotopic (exact) mass is 468 g/mol. The van der Waals surface area contributed by atoms with Gasteiger partial charge in [0.25, 0.3) is 0 Å². The van der Waals surface area contributed by atoms with E-state index in [0.717, 1.165) is 12.8 Å². The molecule has 2 rings (SSSR count). The van der Waals surface area contributed by atoms with Gasteiger partial charge in [-0.1, -0.05) is 39.3 Å². The topological polar surface area (TPSA) is 78.9 Å². The smallest absolute Gasteiger partial charge is 0.374 e. The van der Waals surface area contributed by atoms with Crippen molar-refractivity contribution in [3.05, 3.63) is 60.0 Å². The van der Waals surface area contributed by atoms with Gasteiger partial charge in [-0.05, 0) is 61.8 Å². The van der Waals surface area contributed by atoms with Gasteiger partial charge in [0.1, 0.15) is 13.2 Å². The van der Waals surface area contributed by atoms with Gasteiger partial charge in [-0.2, -0.15) is 0 Å². The minimum Gasteiger partial charge on any atom is -0.459 e. The third-order valence-electron chi connectivity index (χ3n) is 5.88. The third-order valence-corrected chi connectivity index (χ3v) is 5.88. The summed E-state index contributed by atoms with van der Waals surface area (Å²) in [4.78, 5) is 25.0. The molecule has 0 bridgehead atoms. The molecule has 0 spiro atoms. The van der Waals surface area contributed by atoms with Gasteiger partial charge in [0.05, 0.1) is 12.5 Å². The molecule has 0 N–H and O–H groups in total. The summed E-state index contributed by atoms with van der Waals surface area (Å²) >= 11 is 0. The molecule has 0 fully saturated rings. The average molecular weight is 469 g/mol. The summed E-state index contributed by atoms with van der Waals surface area (Å²) in [6.07, 6.45) is 14.0. The van der Waals surface area contributed by atoms with Crippen LogP contribution in [0.2, 0.25) is 0 Å². The van der Waals surface area contributed by atoms with Crippen LogP contribution in [0.25, 0.3) is 0 Å². The van der Waals surface area contributed by atoms with Crippen molar-refractivity contribution in [2.24, 2.45) is 17.3 Å². The minimum atomic E-state index is -0.600. The van der Waals surface area contributed by atoms with Crippen molar-refractivity contribution in [3.63, 3.8) is 0 Å². The fraction of sp³-hybridized carbons (Fsp3) is 0.500. The Morgan fingerprint density at radius 3 is 1.91 bits per heavy atom. The number of esters is 2. The molecule has 0 aliphatic rings. The quantitative estimate of drug-likeness (QED) is 0.133. The van der Waals surface area contributed by atoms with E-state index in [0.29, 0.717) is 31.1 Å². The fourth-order valence-corrected chi connectivity index (χ4v) is 4.07. The minimum absolute atomic E-state index is 0.0784. The Morgan fingerprint density at radius 1 is 0.971 bits per heavy atom. The van der Waals surface area contributed by atoms with Crippen LogP contribution in [0.15, 0.2) is 57.3 Å². The number of unbranched alkanes of at least 4 members (excludes halogenated alkanes) is 1. The Bertz CT molecular complexity index is 881. The van der Waals surface area contributed by atoms with E-state index in [1.807, 2.05) is 0 Å². The number of ether oxygens (including phenoxy) is 2. The maximum absolute atomic E-state index is 12.5. The molecular weight excluding hydrogens is 432 g/mol. The highest BCUT2D eigenvalue weighted by atomic mass is 16.6. The molecule has 0 unspecified atom stereocenters. The van der Waals surface area contributed by atoms with Crippen molar-refractivity contribution < 1.29 is 27.9 Å². The maximum atomic E-state index is 12.5. The lowest BCUT2D eigenvalue weighted by molar-refractivity contribution is -0.0152. The Hall–Kier alpha value is -3.20. The summed E-state index contributed by atoms with van der Waals surface area (Å²) in [6.45, 7) is 8.89. The molecule has 0 atom stereocenters. The molecule has 2 heterocycles. The summed E-state index contributed by atoms with van der Waals surface area (Å²) < 4.78 is 21.6. The van der Waals surface area contributed by atoms with E-state index < -0.39 is 17.4 Å².